The van der Waals surface area contributed by atoms with E-state index >= 15 is 0 Å². The maximum Gasteiger partial charge on any atom is 0.177 e. The predicted octanol–water partition coefficient (Wildman–Crippen LogP) is 4.09. The number of H-pyrrole nitrogens is 1. The summed E-state index contributed by atoms with van der Waals surface area (Å²) in [7, 11) is 2.07. The molecule has 0 unspecified atom stereocenters. The van der Waals surface area contributed by atoms with Crippen molar-refractivity contribution < 1.29 is 4.79 Å². The maximum absolute atomic E-state index is 12.5. The third kappa shape index (κ3) is 1.82. The summed E-state index contributed by atoms with van der Waals surface area (Å²) in [5, 5.41) is 1.09. The molecule has 4 rings (SSSR count). The quantitative estimate of drug-likeness (QED) is 0.736. The summed E-state index contributed by atoms with van der Waals surface area (Å²) in [5.74, 6) is 0.244. The van der Waals surface area contributed by atoms with E-state index in [0.29, 0.717) is 6.42 Å². The largest absolute Gasteiger partial charge is 0.368 e. The molecule has 0 atom stereocenters. The van der Waals surface area contributed by atoms with E-state index in [0.717, 1.165) is 32.0 Å². The highest BCUT2D eigenvalue weighted by Gasteiger charge is 2.36. The lowest BCUT2D eigenvalue weighted by Crippen LogP contribution is -2.46. The van der Waals surface area contributed by atoms with Gasteiger partial charge in [-0.15, -0.1) is 11.3 Å². The van der Waals surface area contributed by atoms with E-state index in [9.17, 15) is 4.79 Å². The number of fused-ring (bicyclic) bond motifs is 2. The summed E-state index contributed by atoms with van der Waals surface area (Å²) in [6.45, 7) is 4.23. The molecule has 0 aromatic carbocycles. The summed E-state index contributed by atoms with van der Waals surface area (Å²) in [6.07, 6.45) is 4.27. The number of Topliss-reactive ketones (excluding diaryl/α,β-unsaturated/α-hetero) is 1. The number of thiophene rings is 1. The number of pyridine rings is 1. The molecule has 22 heavy (non-hydrogen) atoms. The van der Waals surface area contributed by atoms with Gasteiger partial charge >= 0.3 is 0 Å². The Labute approximate surface area is 132 Å². The molecule has 0 saturated heterocycles. The van der Waals surface area contributed by atoms with Gasteiger partial charge in [0, 0.05) is 47.2 Å². The van der Waals surface area contributed by atoms with Crippen molar-refractivity contribution >= 4 is 33.8 Å². The van der Waals surface area contributed by atoms with Gasteiger partial charge in [0.15, 0.2) is 5.78 Å². The molecule has 4 nitrogen and oxygen atoms in total. The molecule has 0 spiro atoms. The van der Waals surface area contributed by atoms with Crippen LogP contribution in [-0.2, 0) is 0 Å². The van der Waals surface area contributed by atoms with Crippen molar-refractivity contribution in [2.75, 3.05) is 11.9 Å². The van der Waals surface area contributed by atoms with Crippen LogP contribution in [-0.4, -0.2) is 28.3 Å². The molecule has 0 fully saturated rings. The van der Waals surface area contributed by atoms with Crippen molar-refractivity contribution in [2.45, 2.75) is 25.8 Å². The standard InChI is InChI=1S/C17H17N3OS/c1-17(2)9-13(21)15-12(20(17)3)8-14(22-15)10-4-6-18-16-11(10)5-7-19-16/h4-8H,9H2,1-3H3,(H,18,19). The second-order valence-electron chi connectivity index (χ2n) is 6.39. The number of hydrogen-bond donors (Lipinski definition) is 1. The first-order valence-corrected chi connectivity index (χ1v) is 8.12. The van der Waals surface area contributed by atoms with E-state index in [4.69, 9.17) is 0 Å². The van der Waals surface area contributed by atoms with Crippen LogP contribution in [0.15, 0.2) is 30.6 Å². The Morgan fingerprint density at radius 1 is 1.36 bits per heavy atom. The van der Waals surface area contributed by atoms with E-state index < -0.39 is 0 Å². The van der Waals surface area contributed by atoms with Crippen LogP contribution < -0.4 is 4.90 Å². The van der Waals surface area contributed by atoms with E-state index in [2.05, 4.69) is 41.8 Å². The molecule has 4 heterocycles. The number of aromatic nitrogens is 2. The molecule has 0 amide bonds. The zero-order chi connectivity index (χ0) is 15.5. The summed E-state index contributed by atoms with van der Waals surface area (Å²) < 4.78 is 0. The van der Waals surface area contributed by atoms with Gasteiger partial charge in [-0.2, -0.15) is 0 Å². The molecule has 112 valence electrons. The number of hydrogen-bond acceptors (Lipinski definition) is 4. The third-order valence-corrected chi connectivity index (χ3v) is 5.75. The highest BCUT2D eigenvalue weighted by Crippen LogP contribution is 2.44. The minimum Gasteiger partial charge on any atom is -0.368 e. The molecule has 1 aliphatic rings. The zero-order valence-corrected chi connectivity index (χ0v) is 13.6. The lowest BCUT2D eigenvalue weighted by atomic mass is 9.90. The minimum atomic E-state index is -0.135. The van der Waals surface area contributed by atoms with Crippen molar-refractivity contribution in [3.63, 3.8) is 0 Å². The van der Waals surface area contributed by atoms with Crippen molar-refractivity contribution in [2.24, 2.45) is 0 Å². The van der Waals surface area contributed by atoms with Gasteiger partial charge in [-0.3, -0.25) is 4.79 Å². The Hall–Kier alpha value is -2.14. The summed E-state index contributed by atoms with van der Waals surface area (Å²) in [6, 6.07) is 6.19. The van der Waals surface area contributed by atoms with Crippen LogP contribution in [0, 0.1) is 0 Å². The van der Waals surface area contributed by atoms with Gasteiger partial charge in [-0.1, -0.05) is 0 Å². The van der Waals surface area contributed by atoms with Crippen molar-refractivity contribution in [3.8, 4) is 10.4 Å². The Morgan fingerprint density at radius 2 is 2.18 bits per heavy atom. The van der Waals surface area contributed by atoms with Gasteiger partial charge < -0.3 is 9.88 Å². The average molecular weight is 311 g/mol. The molecule has 1 aliphatic heterocycles. The number of nitrogens with zero attached hydrogens (tertiary/aromatic N) is 2. The second-order valence-corrected chi connectivity index (χ2v) is 7.45. The monoisotopic (exact) mass is 311 g/mol. The van der Waals surface area contributed by atoms with Gasteiger partial charge in [-0.25, -0.2) is 4.98 Å². The minimum absolute atomic E-state index is 0.135. The maximum atomic E-state index is 12.5. The van der Waals surface area contributed by atoms with E-state index in [1.54, 1.807) is 11.3 Å². The smallest absolute Gasteiger partial charge is 0.177 e. The Balaban J connectivity index is 1.91. The van der Waals surface area contributed by atoms with Crippen LogP contribution >= 0.6 is 11.3 Å². The van der Waals surface area contributed by atoms with E-state index in [-0.39, 0.29) is 11.3 Å². The average Bonchev–Trinajstić information content (AvgIpc) is 3.11. The fourth-order valence-electron chi connectivity index (χ4n) is 3.06. The number of aromatic amines is 1. The van der Waals surface area contributed by atoms with Crippen LogP contribution in [0.5, 0.6) is 0 Å². The SMILES string of the molecule is CN1c2cc(-c3ccnc4[nH]ccc34)sc2C(=O)CC1(C)C. The van der Waals surface area contributed by atoms with Crippen LogP contribution in [0.2, 0.25) is 0 Å². The molecule has 0 bridgehead atoms. The predicted molar refractivity (Wildman–Crippen MR) is 90.8 cm³/mol. The Morgan fingerprint density at radius 3 is 3.00 bits per heavy atom. The summed E-state index contributed by atoms with van der Waals surface area (Å²) in [4.78, 5) is 24.2. The third-order valence-electron chi connectivity index (χ3n) is 4.55. The molecule has 0 radical (unpaired) electrons. The zero-order valence-electron chi connectivity index (χ0n) is 12.8. The summed E-state index contributed by atoms with van der Waals surface area (Å²) in [5.41, 5.74) is 2.92. The Kier molecular flexibility index (Phi) is 2.72. The molecule has 3 aromatic heterocycles. The van der Waals surface area contributed by atoms with Crippen LogP contribution in [0.4, 0.5) is 5.69 Å². The molecule has 5 heteroatoms. The number of ketones is 1. The van der Waals surface area contributed by atoms with E-state index in [1.807, 2.05) is 24.5 Å². The number of anilines is 1. The van der Waals surface area contributed by atoms with Crippen molar-refractivity contribution in [1.82, 2.24) is 9.97 Å². The number of nitrogens with one attached hydrogen (secondary N) is 1. The van der Waals surface area contributed by atoms with Gasteiger partial charge in [0.05, 0.1) is 10.6 Å². The van der Waals surface area contributed by atoms with E-state index in [1.165, 1.54) is 0 Å². The summed E-state index contributed by atoms with van der Waals surface area (Å²) >= 11 is 1.59. The Bertz CT molecular complexity index is 890. The first-order chi connectivity index (χ1) is 10.5. The molecular formula is C17H17N3OS. The fraction of sp³-hybridized carbons (Fsp3) is 0.294. The fourth-order valence-corrected chi connectivity index (χ4v) is 4.22. The highest BCUT2D eigenvalue weighted by atomic mass is 32.1. The van der Waals surface area contributed by atoms with Gasteiger partial charge in [0.25, 0.3) is 0 Å². The van der Waals surface area contributed by atoms with Crippen LogP contribution in [0.1, 0.15) is 29.9 Å². The topological polar surface area (TPSA) is 49.0 Å². The molecular weight excluding hydrogens is 294 g/mol. The number of carbonyl (C=O) groups excluding carboxylic acids is 1. The molecule has 1 N–H and O–H groups in total. The molecule has 0 saturated carbocycles. The number of rotatable bonds is 1. The van der Waals surface area contributed by atoms with Gasteiger partial charge in [-0.05, 0) is 32.0 Å². The molecule has 3 aromatic rings. The first kappa shape index (κ1) is 13.5. The van der Waals surface area contributed by atoms with Crippen molar-refractivity contribution in [3.05, 3.63) is 35.5 Å². The van der Waals surface area contributed by atoms with Crippen LogP contribution in [0.25, 0.3) is 21.5 Å². The van der Waals surface area contributed by atoms with Gasteiger partial charge in [0.1, 0.15) is 5.65 Å². The lowest BCUT2D eigenvalue weighted by molar-refractivity contribution is 0.0954. The van der Waals surface area contributed by atoms with Crippen molar-refractivity contribution in [1.29, 1.82) is 0 Å². The second kappa shape index (κ2) is 4.43. The van der Waals surface area contributed by atoms with Crippen LogP contribution in [0.3, 0.4) is 0 Å². The van der Waals surface area contributed by atoms with Gasteiger partial charge in [0.2, 0.25) is 0 Å². The molecule has 0 aliphatic carbocycles. The highest BCUT2D eigenvalue weighted by molar-refractivity contribution is 7.18. The normalized spacial score (nSPS) is 17.0. The first-order valence-electron chi connectivity index (χ1n) is 7.31. The number of carbonyl (C=O) groups is 1. The lowest BCUT2D eigenvalue weighted by Gasteiger charge is -2.40.